The van der Waals surface area contributed by atoms with Crippen molar-refractivity contribution in [2.75, 3.05) is 116 Å². The zero-order valence-corrected chi connectivity index (χ0v) is 74.8. The van der Waals surface area contributed by atoms with Crippen LogP contribution >= 0.6 is 0 Å². The molecule has 0 fully saturated rings. The van der Waals surface area contributed by atoms with E-state index < -0.39 is 89.7 Å². The molecule has 0 aromatic heterocycles. The molecule has 0 saturated heterocycles. The van der Waals surface area contributed by atoms with Gasteiger partial charge in [-0.15, -0.1) is 0 Å². The number of hydrogen-bond donors (Lipinski definition) is 17. The maximum absolute atomic E-state index is 13.3. The number of Topliss-reactive ketones (excluding diaryl/α,β-unsaturated/α-hetero) is 2. The van der Waals surface area contributed by atoms with Crippen LogP contribution in [0.1, 0.15) is 173 Å². The number of esters is 4. The van der Waals surface area contributed by atoms with E-state index in [1.165, 1.54) is 115 Å². The molecule has 0 heterocycles. The second-order valence-electron chi connectivity index (χ2n) is 29.8. The van der Waals surface area contributed by atoms with Gasteiger partial charge in [-0.25, -0.2) is 33.6 Å². The molecular weight excluding hydrogens is 1690 g/mol. The molecule has 20 N–H and O–H groups in total. The molecule has 0 saturated carbocycles. The summed E-state index contributed by atoms with van der Waals surface area (Å²) in [6, 6.07) is 21.3. The van der Waals surface area contributed by atoms with Crippen molar-refractivity contribution in [3.63, 3.8) is 0 Å². The predicted molar refractivity (Wildman–Crippen MR) is 473 cm³/mol. The van der Waals surface area contributed by atoms with Crippen LogP contribution in [0, 0.1) is 29.6 Å². The normalized spacial score (nSPS) is 11.9. The fourth-order valence-corrected chi connectivity index (χ4v) is 11.8. The van der Waals surface area contributed by atoms with E-state index in [4.69, 9.17) is 36.1 Å². The van der Waals surface area contributed by atoms with Crippen LogP contribution in [0.5, 0.6) is 23.0 Å². The SMILES string of the molecule is COC(=O)c1ccc(NC(=O)[C@@H](C)CCCCNC(C)=O)cc1O.COC(=O)c1ccc(NC(=O)[C@@H](N)CCCCNC(C)=O)cc1O.COC(=O)c1ccc(NC(=O)[C@H](CCCNC(N)=O)CC(=O)[C@@H](NC(=O)OCc2ccccc2)C(C)C)cc1O.COCCOCCOCC(=O)N[C@H](C(=O)C[C@@H](CCCNC(N)=O)C(=O)Nc1ccc(C(=O)OC)c(O)c1)C(C)C. The van der Waals surface area contributed by atoms with E-state index in [9.17, 15) is 97.1 Å². The van der Waals surface area contributed by atoms with Crippen LogP contribution in [0.15, 0.2) is 103 Å². The monoisotopic (exact) mass is 1810 g/mol. The molecule has 6 atom stereocenters. The van der Waals surface area contributed by atoms with Crippen LogP contribution in [-0.4, -0.2) is 228 Å². The van der Waals surface area contributed by atoms with Gasteiger partial charge in [-0.1, -0.05) is 71.4 Å². The Morgan fingerprint density at radius 1 is 0.395 bits per heavy atom. The van der Waals surface area contributed by atoms with Gasteiger partial charge in [-0.2, -0.15) is 0 Å². The summed E-state index contributed by atoms with van der Waals surface area (Å²) in [4.78, 5) is 192. The van der Waals surface area contributed by atoms with Gasteiger partial charge in [0.25, 0.3) is 0 Å². The Morgan fingerprint density at radius 2 is 0.752 bits per heavy atom. The number of phenols is 4. The van der Waals surface area contributed by atoms with Crippen molar-refractivity contribution in [1.29, 1.82) is 0 Å². The number of carbonyl (C=O) groups excluding carboxylic acids is 16. The van der Waals surface area contributed by atoms with Crippen LogP contribution in [-0.2, 0) is 87.7 Å². The smallest absolute Gasteiger partial charge is 0.408 e. The topological polar surface area (TPSA) is 626 Å². The van der Waals surface area contributed by atoms with Gasteiger partial charge in [-0.05, 0) is 124 Å². The lowest BCUT2D eigenvalue weighted by molar-refractivity contribution is -0.133. The van der Waals surface area contributed by atoms with Crippen molar-refractivity contribution in [2.45, 2.75) is 150 Å². The lowest BCUT2D eigenvalue weighted by Gasteiger charge is -2.24. The zero-order valence-electron chi connectivity index (χ0n) is 74.8. The third kappa shape index (κ3) is 45.5. The molecule has 0 bridgehead atoms. The number of carbonyl (C=O) groups is 16. The molecule has 0 aliphatic heterocycles. The fraction of sp³-hybridized carbons (Fsp3) is 0.477. The van der Waals surface area contributed by atoms with E-state index in [0.717, 1.165) is 24.8 Å². The molecule has 0 aliphatic rings. The Hall–Kier alpha value is -13.5. The third-order valence-corrected chi connectivity index (χ3v) is 18.8. The predicted octanol–water partition coefficient (Wildman–Crippen LogP) is 6.86. The number of phenolic OH excluding ortho intramolecular Hbond substituents is 4. The molecule has 129 heavy (non-hydrogen) atoms. The molecular formula is C88H125N13O28. The summed E-state index contributed by atoms with van der Waals surface area (Å²) in [6.45, 7) is 14.4. The van der Waals surface area contributed by atoms with Crippen molar-refractivity contribution in [2.24, 2.45) is 46.8 Å². The van der Waals surface area contributed by atoms with Gasteiger partial charge < -0.3 is 129 Å². The van der Waals surface area contributed by atoms with Crippen LogP contribution in [0.2, 0.25) is 0 Å². The Bertz CT molecular complexity index is 4390. The average molecular weight is 1810 g/mol. The standard InChI is InChI=1S/C28H36N4O8.C27H42N4O10.C17H24N2O5.C16H23N3O5/c1-17(2)24(32-28(38)40-16-18-8-5-4-6-9-18)23(34)14-19(10-7-13-30-27(29)37)25(35)31-20-11-12-21(22(33)15-20)26(36)39-3;1-17(2)24(31-23(34)16-41-13-12-40-11-10-38-3)22(33)14-18(6-5-9-29-27(28)37)25(35)30-19-7-8-20(21(32)15-19)26(36)39-4;1-11(6-4-5-9-18-12(2)20)16(22)19-13-7-8-14(15(21)10-13)17(23)24-3;1-10(20)18-8-4-3-5-13(17)15(22)19-11-6-7-12(14(21)9-11)16(23)24-2/h4-6,8-9,11-12,15,17,19,24,33H,7,10,13-14,16H2,1-3H3,(H,31,35)(H,32,38)(H3,29,30,37);7-8,15,17-18,24,32H,5-6,9-14,16H2,1-4H3,(H,30,35)(H,31,34)(H3,28,29,37);7-8,10-11,21H,4-6,9H2,1-3H3,(H,18,20)(H,19,22);6-7,9,13,21H,3-5,8,17H2,1-2H3,(H,18,20)(H,19,22)/t19-,24+;18-,24+;11-;13-/m1100/s1. The van der Waals surface area contributed by atoms with E-state index in [0.29, 0.717) is 69.8 Å². The van der Waals surface area contributed by atoms with Gasteiger partial charge in [-0.3, -0.25) is 43.2 Å². The Kier molecular flexibility index (Phi) is 53.4. The lowest BCUT2D eigenvalue weighted by Crippen LogP contribution is -2.47. The van der Waals surface area contributed by atoms with Crippen LogP contribution in [0.25, 0.3) is 0 Å². The first-order chi connectivity index (χ1) is 61.2. The van der Waals surface area contributed by atoms with Gasteiger partial charge in [0, 0.05) is 125 Å². The van der Waals surface area contributed by atoms with Crippen LogP contribution < -0.4 is 70.4 Å². The van der Waals surface area contributed by atoms with Crippen molar-refractivity contribution in [1.82, 2.24) is 31.9 Å². The zero-order chi connectivity index (χ0) is 96.7. The van der Waals surface area contributed by atoms with E-state index in [1.807, 2.05) is 25.1 Å². The molecule has 0 aliphatic carbocycles. The summed E-state index contributed by atoms with van der Waals surface area (Å²) >= 11 is 0. The number of nitrogens with one attached hydrogen (secondary N) is 10. The largest absolute Gasteiger partial charge is 0.507 e. The van der Waals surface area contributed by atoms with E-state index in [2.05, 4.69) is 72.1 Å². The molecule has 12 amide bonds. The number of ether oxygens (including phenoxy) is 8. The summed E-state index contributed by atoms with van der Waals surface area (Å²) in [5.41, 5.74) is 17.8. The number of primary amides is 2. The fourth-order valence-electron chi connectivity index (χ4n) is 11.8. The first-order valence-corrected chi connectivity index (χ1v) is 41.4. The minimum Gasteiger partial charge on any atom is -0.507 e. The number of nitrogens with two attached hydrogens (primary N) is 3. The molecule has 41 nitrogen and oxygen atoms in total. The van der Waals surface area contributed by atoms with Crippen LogP contribution in [0.4, 0.5) is 37.1 Å². The Morgan fingerprint density at radius 3 is 1.12 bits per heavy atom. The van der Waals surface area contributed by atoms with Gasteiger partial charge in [0.15, 0.2) is 11.6 Å². The number of hydrogen-bond acceptors (Lipinski definition) is 29. The maximum atomic E-state index is 13.3. The summed E-state index contributed by atoms with van der Waals surface area (Å²) in [5, 5.41) is 66.0. The number of unbranched alkanes of at least 4 members (excludes halogenated alkanes) is 2. The highest BCUT2D eigenvalue weighted by atomic mass is 16.6. The van der Waals surface area contributed by atoms with Crippen molar-refractivity contribution in [3.8, 4) is 23.0 Å². The lowest BCUT2D eigenvalue weighted by atomic mass is 9.89. The number of alkyl carbamates (subject to hydrolysis) is 1. The minimum atomic E-state index is -0.911. The van der Waals surface area contributed by atoms with Crippen molar-refractivity contribution >= 4 is 118 Å². The first-order valence-electron chi connectivity index (χ1n) is 41.4. The number of benzene rings is 5. The Labute approximate surface area is 748 Å². The van der Waals surface area contributed by atoms with Gasteiger partial charge >= 0.3 is 42.0 Å². The number of ketones is 2. The molecule has 710 valence electrons. The summed E-state index contributed by atoms with van der Waals surface area (Å²) < 4.78 is 38.9. The molecule has 5 aromatic rings. The third-order valence-electron chi connectivity index (χ3n) is 18.8. The number of anilines is 4. The number of rotatable bonds is 50. The van der Waals surface area contributed by atoms with E-state index >= 15 is 0 Å². The maximum Gasteiger partial charge on any atom is 0.408 e. The van der Waals surface area contributed by atoms with Crippen molar-refractivity contribution < 1.29 is 135 Å². The van der Waals surface area contributed by atoms with E-state index in [1.54, 1.807) is 46.9 Å². The summed E-state index contributed by atoms with van der Waals surface area (Å²) in [5.74, 6) is -9.51. The van der Waals surface area contributed by atoms with Gasteiger partial charge in [0.05, 0.1) is 73.0 Å². The second-order valence-corrected chi connectivity index (χ2v) is 29.8. The molecule has 41 heteroatoms. The van der Waals surface area contributed by atoms with Crippen LogP contribution in [0.3, 0.4) is 0 Å². The highest BCUT2D eigenvalue weighted by Crippen LogP contribution is 2.29. The Balaban J connectivity index is 0.000000600. The summed E-state index contributed by atoms with van der Waals surface area (Å²) in [7, 11) is 6.35. The highest BCUT2D eigenvalue weighted by molar-refractivity contribution is 6.02. The average Bonchev–Trinajstić information content (AvgIpc) is 0.850. The highest BCUT2D eigenvalue weighted by Gasteiger charge is 2.33. The molecule has 5 aromatic carbocycles. The van der Waals surface area contributed by atoms with Gasteiger partial charge in [0.2, 0.25) is 41.4 Å². The molecule has 0 unspecified atom stereocenters. The number of aromatic hydroxyl groups is 4. The quantitative estimate of drug-likeness (QED) is 0.0107. The minimum absolute atomic E-state index is 0.0118. The van der Waals surface area contributed by atoms with Crippen molar-refractivity contribution in [3.05, 3.63) is 131 Å². The molecule has 0 spiro atoms. The first kappa shape index (κ1) is 112. The molecule has 5 rings (SSSR count). The number of methoxy groups -OCH3 is 5. The second kappa shape index (κ2) is 61.8. The molecule has 0 radical (unpaired) electrons. The van der Waals surface area contributed by atoms with Gasteiger partial charge in [0.1, 0.15) is 58.5 Å². The van der Waals surface area contributed by atoms with E-state index in [-0.39, 0.29) is 175 Å². The summed E-state index contributed by atoms with van der Waals surface area (Å²) in [6.07, 6.45) is 4.17. The number of urea groups is 2. The number of amides is 12.